The van der Waals surface area contributed by atoms with Crippen molar-refractivity contribution in [3.63, 3.8) is 0 Å². The zero-order valence-corrected chi connectivity index (χ0v) is 14.0. The summed E-state index contributed by atoms with van der Waals surface area (Å²) in [5.41, 5.74) is 0.511. The molecule has 0 bridgehead atoms. The van der Waals surface area contributed by atoms with Crippen molar-refractivity contribution in [3.8, 4) is 0 Å². The molecule has 8 heteroatoms. The SMILES string of the molecule is Cc1ccc(S(=O)(=O)NC(=O)Cn2cc(Br)ccc2=O)cc1. The van der Waals surface area contributed by atoms with Gasteiger partial charge in [0.15, 0.2) is 0 Å². The Labute approximate surface area is 136 Å². The number of carbonyl (C=O) groups is 1. The molecule has 116 valence electrons. The van der Waals surface area contributed by atoms with Crippen LogP contribution in [0.3, 0.4) is 0 Å². The highest BCUT2D eigenvalue weighted by atomic mass is 79.9. The van der Waals surface area contributed by atoms with E-state index in [2.05, 4.69) is 15.9 Å². The average molecular weight is 385 g/mol. The zero-order valence-electron chi connectivity index (χ0n) is 11.6. The van der Waals surface area contributed by atoms with Gasteiger partial charge in [0, 0.05) is 16.7 Å². The van der Waals surface area contributed by atoms with Crippen LogP contribution in [-0.2, 0) is 21.4 Å². The Morgan fingerprint density at radius 3 is 2.45 bits per heavy atom. The minimum atomic E-state index is -3.95. The van der Waals surface area contributed by atoms with Crippen molar-refractivity contribution in [1.82, 2.24) is 9.29 Å². The lowest BCUT2D eigenvalue weighted by Crippen LogP contribution is -2.35. The topological polar surface area (TPSA) is 85.2 Å². The smallest absolute Gasteiger partial charge is 0.264 e. The molecule has 0 saturated carbocycles. The van der Waals surface area contributed by atoms with E-state index >= 15 is 0 Å². The molecule has 2 aromatic rings. The number of rotatable bonds is 4. The molecule has 2 rings (SSSR count). The van der Waals surface area contributed by atoms with Crippen LogP contribution in [0.2, 0.25) is 0 Å². The monoisotopic (exact) mass is 384 g/mol. The molecule has 0 saturated heterocycles. The summed E-state index contributed by atoms with van der Waals surface area (Å²) in [6.07, 6.45) is 1.42. The van der Waals surface area contributed by atoms with E-state index < -0.39 is 21.5 Å². The highest BCUT2D eigenvalue weighted by Crippen LogP contribution is 2.10. The maximum absolute atomic E-state index is 12.1. The molecular formula is C14H13BrN2O4S. The number of hydrogen-bond donors (Lipinski definition) is 1. The zero-order chi connectivity index (χ0) is 16.3. The molecule has 1 heterocycles. The van der Waals surface area contributed by atoms with Crippen molar-refractivity contribution in [1.29, 1.82) is 0 Å². The second kappa shape index (κ2) is 6.45. The number of aromatic nitrogens is 1. The highest BCUT2D eigenvalue weighted by molar-refractivity contribution is 9.10. The van der Waals surface area contributed by atoms with Crippen LogP contribution < -0.4 is 10.3 Å². The highest BCUT2D eigenvalue weighted by Gasteiger charge is 2.17. The number of halogens is 1. The normalized spacial score (nSPS) is 11.2. The summed E-state index contributed by atoms with van der Waals surface area (Å²) in [4.78, 5) is 23.5. The lowest BCUT2D eigenvalue weighted by atomic mass is 10.2. The van der Waals surface area contributed by atoms with Crippen LogP contribution in [0.25, 0.3) is 0 Å². The number of nitrogens with one attached hydrogen (secondary N) is 1. The summed E-state index contributed by atoms with van der Waals surface area (Å²) in [5, 5.41) is 0. The van der Waals surface area contributed by atoms with E-state index in [9.17, 15) is 18.0 Å². The number of nitrogens with zero attached hydrogens (tertiary/aromatic N) is 1. The van der Waals surface area contributed by atoms with Gasteiger partial charge in [-0.2, -0.15) is 0 Å². The fourth-order valence-corrected chi connectivity index (χ4v) is 3.09. The van der Waals surface area contributed by atoms with E-state index in [0.717, 1.165) is 10.1 Å². The molecular weight excluding hydrogens is 372 g/mol. The molecule has 1 aromatic heterocycles. The predicted octanol–water partition coefficient (Wildman–Crippen LogP) is 1.42. The van der Waals surface area contributed by atoms with Crippen LogP contribution in [-0.4, -0.2) is 18.9 Å². The van der Waals surface area contributed by atoms with Crippen molar-refractivity contribution < 1.29 is 13.2 Å². The van der Waals surface area contributed by atoms with Gasteiger partial charge in [0.25, 0.3) is 21.5 Å². The number of pyridine rings is 1. The Bertz CT molecular complexity index is 857. The molecule has 1 aromatic carbocycles. The number of sulfonamides is 1. The maximum atomic E-state index is 12.1. The van der Waals surface area contributed by atoms with Gasteiger partial charge >= 0.3 is 0 Å². The molecule has 6 nitrogen and oxygen atoms in total. The van der Waals surface area contributed by atoms with Gasteiger partial charge in [0.1, 0.15) is 6.54 Å². The van der Waals surface area contributed by atoms with Gasteiger partial charge in [0.05, 0.1) is 4.90 Å². The minimum absolute atomic E-state index is 0.00645. The molecule has 22 heavy (non-hydrogen) atoms. The molecule has 0 fully saturated rings. The number of aryl methyl sites for hydroxylation is 1. The largest absolute Gasteiger partial charge is 0.305 e. The third-order valence-corrected chi connectivity index (χ3v) is 4.70. The van der Waals surface area contributed by atoms with Gasteiger partial charge in [-0.1, -0.05) is 17.7 Å². The lowest BCUT2D eigenvalue weighted by molar-refractivity contribution is -0.119. The van der Waals surface area contributed by atoms with Crippen molar-refractivity contribution in [2.45, 2.75) is 18.4 Å². The molecule has 1 amide bonds. The first-order valence-corrected chi connectivity index (χ1v) is 8.54. The van der Waals surface area contributed by atoms with Gasteiger partial charge < -0.3 is 4.57 Å². The fraction of sp³-hybridized carbons (Fsp3) is 0.143. The number of hydrogen-bond acceptors (Lipinski definition) is 4. The van der Waals surface area contributed by atoms with Crippen molar-refractivity contribution >= 4 is 31.9 Å². The van der Waals surface area contributed by atoms with Gasteiger partial charge in [-0.15, -0.1) is 0 Å². The predicted molar refractivity (Wildman–Crippen MR) is 84.9 cm³/mol. The Balaban J connectivity index is 2.16. The summed E-state index contributed by atoms with van der Waals surface area (Å²) in [6.45, 7) is 1.44. The fourth-order valence-electron chi connectivity index (χ4n) is 1.74. The summed E-state index contributed by atoms with van der Waals surface area (Å²) in [7, 11) is -3.95. The Hall–Kier alpha value is -1.93. The summed E-state index contributed by atoms with van der Waals surface area (Å²) in [6, 6.07) is 8.92. The van der Waals surface area contributed by atoms with Crippen LogP contribution in [0.5, 0.6) is 0 Å². The van der Waals surface area contributed by atoms with E-state index in [-0.39, 0.29) is 11.4 Å². The van der Waals surface area contributed by atoms with Crippen LogP contribution in [0, 0.1) is 6.92 Å². The summed E-state index contributed by atoms with van der Waals surface area (Å²) >= 11 is 3.18. The van der Waals surface area contributed by atoms with Crippen LogP contribution in [0.15, 0.2) is 56.8 Å². The van der Waals surface area contributed by atoms with E-state index in [1.807, 2.05) is 11.6 Å². The Morgan fingerprint density at radius 1 is 1.18 bits per heavy atom. The first-order chi connectivity index (χ1) is 10.3. The third kappa shape index (κ3) is 4.05. The molecule has 0 atom stereocenters. The van der Waals surface area contributed by atoms with Crippen molar-refractivity contribution in [2.24, 2.45) is 0 Å². The van der Waals surface area contributed by atoms with E-state index in [0.29, 0.717) is 4.47 Å². The Kier molecular flexibility index (Phi) is 4.82. The Morgan fingerprint density at radius 2 is 1.82 bits per heavy atom. The lowest BCUT2D eigenvalue weighted by Gasteiger charge is -2.09. The quantitative estimate of drug-likeness (QED) is 0.863. The molecule has 0 radical (unpaired) electrons. The third-order valence-electron chi connectivity index (χ3n) is 2.84. The maximum Gasteiger partial charge on any atom is 0.264 e. The number of benzene rings is 1. The van der Waals surface area contributed by atoms with Gasteiger partial charge in [-0.05, 0) is 41.1 Å². The first kappa shape index (κ1) is 16.4. The van der Waals surface area contributed by atoms with Crippen molar-refractivity contribution in [2.75, 3.05) is 0 Å². The molecule has 0 aliphatic heterocycles. The molecule has 1 N–H and O–H groups in total. The van der Waals surface area contributed by atoms with E-state index in [1.54, 1.807) is 18.2 Å². The second-order valence-electron chi connectivity index (χ2n) is 4.66. The average Bonchev–Trinajstić information content (AvgIpc) is 2.42. The summed E-state index contributed by atoms with van der Waals surface area (Å²) < 4.78 is 27.8. The summed E-state index contributed by atoms with van der Waals surface area (Å²) in [5.74, 6) is -0.791. The van der Waals surface area contributed by atoms with Gasteiger partial charge in [-0.3, -0.25) is 9.59 Å². The standard InChI is InChI=1S/C14H13BrN2O4S/c1-10-2-5-12(6-3-10)22(20,21)16-13(18)9-17-8-11(15)4-7-14(17)19/h2-8H,9H2,1H3,(H,16,18). The second-order valence-corrected chi connectivity index (χ2v) is 7.25. The van der Waals surface area contributed by atoms with Gasteiger partial charge in [-0.25, -0.2) is 13.1 Å². The van der Waals surface area contributed by atoms with Gasteiger partial charge in [0.2, 0.25) is 0 Å². The van der Waals surface area contributed by atoms with Crippen LogP contribution in [0.1, 0.15) is 5.56 Å². The van der Waals surface area contributed by atoms with E-state index in [1.165, 1.54) is 24.4 Å². The minimum Gasteiger partial charge on any atom is -0.305 e. The van der Waals surface area contributed by atoms with E-state index in [4.69, 9.17) is 0 Å². The van der Waals surface area contributed by atoms with Crippen LogP contribution >= 0.6 is 15.9 Å². The first-order valence-electron chi connectivity index (χ1n) is 6.26. The molecule has 0 spiro atoms. The number of amides is 1. The van der Waals surface area contributed by atoms with Crippen molar-refractivity contribution in [3.05, 3.63) is 63.0 Å². The number of carbonyl (C=O) groups excluding carboxylic acids is 1. The molecule has 0 aliphatic rings. The molecule has 0 unspecified atom stereocenters. The molecule has 0 aliphatic carbocycles. The van der Waals surface area contributed by atoms with Crippen LogP contribution in [0.4, 0.5) is 0 Å².